The number of halogens is 1. The van der Waals surface area contributed by atoms with Crippen LogP contribution in [0, 0.1) is 17.3 Å². The average molecular weight is 311 g/mol. The number of hydrogen-bond acceptors (Lipinski definition) is 2. The Morgan fingerprint density at radius 3 is 2.67 bits per heavy atom. The van der Waals surface area contributed by atoms with Gasteiger partial charge in [-0.2, -0.15) is 0 Å². The van der Waals surface area contributed by atoms with Crippen LogP contribution in [0.25, 0.3) is 0 Å². The lowest BCUT2D eigenvalue weighted by Gasteiger charge is -2.42. The van der Waals surface area contributed by atoms with Crippen molar-refractivity contribution < 1.29 is 9.84 Å². The highest BCUT2D eigenvalue weighted by Crippen LogP contribution is 2.43. The van der Waals surface area contributed by atoms with E-state index in [1.54, 1.807) is 7.11 Å². The Labute approximate surface area is 133 Å². The molecule has 0 aliphatic heterocycles. The average Bonchev–Trinajstić information content (AvgIpc) is 2.37. The van der Waals surface area contributed by atoms with Gasteiger partial charge in [0.15, 0.2) is 0 Å². The molecule has 2 nitrogen and oxygen atoms in total. The molecular weight excluding hydrogens is 284 g/mol. The van der Waals surface area contributed by atoms with Crippen molar-refractivity contribution in [1.82, 2.24) is 0 Å². The lowest BCUT2D eigenvalue weighted by molar-refractivity contribution is -0.0127. The van der Waals surface area contributed by atoms with E-state index in [1.807, 2.05) is 18.2 Å². The predicted octanol–water partition coefficient (Wildman–Crippen LogP) is 4.71. The highest BCUT2D eigenvalue weighted by Gasteiger charge is 2.38. The first-order valence-electron chi connectivity index (χ1n) is 7.84. The van der Waals surface area contributed by atoms with Crippen LogP contribution >= 0.6 is 11.6 Å². The van der Waals surface area contributed by atoms with Gasteiger partial charge in [0.2, 0.25) is 0 Å². The van der Waals surface area contributed by atoms with Gasteiger partial charge in [0.1, 0.15) is 5.75 Å². The SMILES string of the molecule is COc1ccc(Cl)cc1CC(C)(C)C1CCC(C)CC1O. The van der Waals surface area contributed by atoms with E-state index in [9.17, 15) is 5.11 Å². The maximum Gasteiger partial charge on any atom is 0.122 e. The summed E-state index contributed by atoms with van der Waals surface area (Å²) >= 11 is 6.13. The molecule has 1 aliphatic rings. The number of aliphatic hydroxyl groups excluding tert-OH is 1. The number of benzene rings is 1. The molecule has 118 valence electrons. The standard InChI is InChI=1S/C18H27ClO2/c1-12-5-7-15(16(20)9-12)18(2,3)11-13-10-14(19)6-8-17(13)21-4/h6,8,10,12,15-16,20H,5,7,9,11H2,1-4H3. The number of hydrogen-bond donors (Lipinski definition) is 1. The minimum absolute atomic E-state index is 0.0253. The summed E-state index contributed by atoms with van der Waals surface area (Å²) in [5.41, 5.74) is 1.15. The molecule has 0 saturated heterocycles. The number of ether oxygens (including phenoxy) is 1. The summed E-state index contributed by atoms with van der Waals surface area (Å²) in [7, 11) is 1.69. The van der Waals surface area contributed by atoms with E-state index in [0.717, 1.165) is 35.6 Å². The lowest BCUT2D eigenvalue weighted by Crippen LogP contribution is -2.39. The van der Waals surface area contributed by atoms with Crippen LogP contribution in [0.4, 0.5) is 0 Å². The Morgan fingerprint density at radius 2 is 2.05 bits per heavy atom. The molecule has 0 bridgehead atoms. The number of aliphatic hydroxyl groups is 1. The molecule has 0 amide bonds. The molecule has 1 fully saturated rings. The van der Waals surface area contributed by atoms with E-state index < -0.39 is 0 Å². The maximum absolute atomic E-state index is 10.5. The van der Waals surface area contributed by atoms with Crippen LogP contribution in [0.3, 0.4) is 0 Å². The molecular formula is C18H27ClO2. The molecule has 1 N–H and O–H groups in total. The topological polar surface area (TPSA) is 29.5 Å². The van der Waals surface area contributed by atoms with Crippen molar-refractivity contribution in [3.05, 3.63) is 28.8 Å². The molecule has 0 spiro atoms. The molecule has 1 saturated carbocycles. The third kappa shape index (κ3) is 3.92. The summed E-state index contributed by atoms with van der Waals surface area (Å²) in [6.45, 7) is 6.72. The van der Waals surface area contributed by atoms with Gasteiger partial charge in [-0.1, -0.05) is 38.8 Å². The van der Waals surface area contributed by atoms with Gasteiger partial charge in [-0.25, -0.2) is 0 Å². The Hall–Kier alpha value is -0.730. The van der Waals surface area contributed by atoms with Crippen LogP contribution < -0.4 is 4.74 Å². The van der Waals surface area contributed by atoms with E-state index in [-0.39, 0.29) is 11.5 Å². The highest BCUT2D eigenvalue weighted by atomic mass is 35.5. The van der Waals surface area contributed by atoms with Crippen LogP contribution in [-0.4, -0.2) is 18.3 Å². The van der Waals surface area contributed by atoms with Crippen LogP contribution in [0.15, 0.2) is 18.2 Å². The fourth-order valence-electron chi connectivity index (χ4n) is 3.77. The molecule has 0 heterocycles. The zero-order chi connectivity index (χ0) is 15.6. The normalized spacial score (nSPS) is 26.7. The van der Waals surface area contributed by atoms with E-state index in [2.05, 4.69) is 20.8 Å². The van der Waals surface area contributed by atoms with Gasteiger partial charge in [-0.3, -0.25) is 0 Å². The maximum atomic E-state index is 10.5. The molecule has 3 unspecified atom stereocenters. The highest BCUT2D eigenvalue weighted by molar-refractivity contribution is 6.30. The smallest absolute Gasteiger partial charge is 0.122 e. The molecule has 0 aromatic heterocycles. The second-order valence-corrected chi connectivity index (χ2v) is 7.65. The third-order valence-corrected chi connectivity index (χ3v) is 5.21. The Morgan fingerprint density at radius 1 is 1.33 bits per heavy atom. The van der Waals surface area contributed by atoms with Gasteiger partial charge in [0.25, 0.3) is 0 Å². The molecule has 0 radical (unpaired) electrons. The molecule has 1 aliphatic carbocycles. The van der Waals surface area contributed by atoms with Crippen LogP contribution in [0.5, 0.6) is 5.75 Å². The first kappa shape index (κ1) is 16.6. The first-order chi connectivity index (χ1) is 9.83. The zero-order valence-corrected chi connectivity index (χ0v) is 14.3. The van der Waals surface area contributed by atoms with Crippen molar-refractivity contribution in [2.45, 2.75) is 52.6 Å². The summed E-state index contributed by atoms with van der Waals surface area (Å²) in [6.07, 6.45) is 3.89. The predicted molar refractivity (Wildman–Crippen MR) is 88.0 cm³/mol. The van der Waals surface area contributed by atoms with E-state index in [0.29, 0.717) is 11.8 Å². The van der Waals surface area contributed by atoms with Crippen molar-refractivity contribution in [2.75, 3.05) is 7.11 Å². The second-order valence-electron chi connectivity index (χ2n) is 7.21. The monoisotopic (exact) mass is 310 g/mol. The third-order valence-electron chi connectivity index (χ3n) is 4.97. The summed E-state index contributed by atoms with van der Waals surface area (Å²) in [6, 6.07) is 5.76. The van der Waals surface area contributed by atoms with Gasteiger partial charge < -0.3 is 9.84 Å². The number of rotatable bonds is 4. The Kier molecular flexibility index (Phi) is 5.21. The minimum atomic E-state index is -0.200. The van der Waals surface area contributed by atoms with Crippen molar-refractivity contribution in [2.24, 2.45) is 17.3 Å². The summed E-state index contributed by atoms with van der Waals surface area (Å²) < 4.78 is 5.46. The molecule has 3 atom stereocenters. The number of methoxy groups -OCH3 is 1. The van der Waals surface area contributed by atoms with Gasteiger partial charge >= 0.3 is 0 Å². The van der Waals surface area contributed by atoms with Crippen molar-refractivity contribution in [1.29, 1.82) is 0 Å². The molecule has 1 aromatic rings. The summed E-state index contributed by atoms with van der Waals surface area (Å²) in [5.74, 6) is 1.84. The molecule has 3 heteroatoms. The van der Waals surface area contributed by atoms with Gasteiger partial charge in [0.05, 0.1) is 13.2 Å². The Balaban J connectivity index is 2.19. The van der Waals surface area contributed by atoms with Gasteiger partial charge in [-0.15, -0.1) is 0 Å². The van der Waals surface area contributed by atoms with Crippen molar-refractivity contribution >= 4 is 11.6 Å². The van der Waals surface area contributed by atoms with E-state index in [1.165, 1.54) is 6.42 Å². The zero-order valence-electron chi connectivity index (χ0n) is 13.5. The molecule has 21 heavy (non-hydrogen) atoms. The lowest BCUT2D eigenvalue weighted by atomic mass is 9.65. The van der Waals surface area contributed by atoms with Crippen LogP contribution in [0.1, 0.15) is 45.6 Å². The second kappa shape index (κ2) is 6.58. The first-order valence-corrected chi connectivity index (χ1v) is 8.22. The molecule has 2 rings (SSSR count). The fourth-order valence-corrected chi connectivity index (χ4v) is 3.96. The van der Waals surface area contributed by atoms with Crippen LogP contribution in [-0.2, 0) is 6.42 Å². The van der Waals surface area contributed by atoms with Crippen molar-refractivity contribution in [3.63, 3.8) is 0 Å². The van der Waals surface area contributed by atoms with Crippen LogP contribution in [0.2, 0.25) is 5.02 Å². The summed E-state index contributed by atoms with van der Waals surface area (Å²) in [4.78, 5) is 0. The van der Waals surface area contributed by atoms with E-state index >= 15 is 0 Å². The fraction of sp³-hybridized carbons (Fsp3) is 0.667. The van der Waals surface area contributed by atoms with Crippen molar-refractivity contribution in [3.8, 4) is 5.75 Å². The molecule has 1 aromatic carbocycles. The summed E-state index contributed by atoms with van der Waals surface area (Å²) in [5, 5.41) is 11.2. The quantitative estimate of drug-likeness (QED) is 0.872. The van der Waals surface area contributed by atoms with Gasteiger partial charge in [0, 0.05) is 5.02 Å². The minimum Gasteiger partial charge on any atom is -0.496 e. The van der Waals surface area contributed by atoms with E-state index in [4.69, 9.17) is 16.3 Å². The largest absolute Gasteiger partial charge is 0.496 e. The Bertz CT molecular complexity index is 484. The van der Waals surface area contributed by atoms with Gasteiger partial charge in [-0.05, 0) is 60.3 Å².